The molecule has 0 atom stereocenters. The third kappa shape index (κ3) is 3.04. The second-order valence-electron chi connectivity index (χ2n) is 3.59. The van der Waals surface area contributed by atoms with Crippen LogP contribution in [0.4, 0.5) is 5.00 Å². The number of anilines is 1. The molecule has 0 spiro atoms. The molecule has 0 aliphatic heterocycles. The first-order chi connectivity index (χ1) is 8.97. The highest BCUT2D eigenvalue weighted by molar-refractivity contribution is 7.18. The van der Waals surface area contributed by atoms with E-state index in [9.17, 15) is 14.7 Å². The van der Waals surface area contributed by atoms with E-state index >= 15 is 0 Å². The van der Waals surface area contributed by atoms with Gasteiger partial charge in [-0.15, -0.1) is 11.3 Å². The van der Waals surface area contributed by atoms with Crippen LogP contribution in [0.5, 0.6) is 5.75 Å². The molecule has 0 bridgehead atoms. The molecular weight excluding hydrogens is 290 g/mol. The van der Waals surface area contributed by atoms with Crippen LogP contribution in [0.1, 0.15) is 20.0 Å². The minimum Gasteiger partial charge on any atom is -0.508 e. The Morgan fingerprint density at radius 2 is 1.95 bits per heavy atom. The average Bonchev–Trinajstić information content (AvgIpc) is 2.80. The van der Waals surface area contributed by atoms with Crippen LogP contribution in [0.3, 0.4) is 0 Å². The molecule has 5 nitrogen and oxygen atoms in total. The lowest BCUT2D eigenvalue weighted by molar-refractivity contribution is 0.0702. The summed E-state index contributed by atoms with van der Waals surface area (Å²) in [7, 11) is 0. The van der Waals surface area contributed by atoms with Gasteiger partial charge in [-0.25, -0.2) is 4.79 Å². The third-order valence-electron chi connectivity index (χ3n) is 2.25. The molecule has 0 radical (unpaired) electrons. The van der Waals surface area contributed by atoms with Crippen molar-refractivity contribution in [3.63, 3.8) is 0 Å². The van der Waals surface area contributed by atoms with E-state index < -0.39 is 11.9 Å². The molecule has 1 aromatic heterocycles. The smallest absolute Gasteiger partial charge is 0.345 e. The Hall–Kier alpha value is -2.05. The van der Waals surface area contributed by atoms with Crippen molar-refractivity contribution in [2.24, 2.45) is 0 Å². The Bertz CT molecular complexity index is 653. The van der Waals surface area contributed by atoms with Crippen LogP contribution in [0.2, 0.25) is 5.02 Å². The number of hydrogen-bond donors (Lipinski definition) is 3. The molecule has 19 heavy (non-hydrogen) atoms. The fourth-order valence-electron chi connectivity index (χ4n) is 1.39. The molecule has 3 N–H and O–H groups in total. The van der Waals surface area contributed by atoms with Crippen molar-refractivity contribution < 1.29 is 19.8 Å². The van der Waals surface area contributed by atoms with Crippen LogP contribution in [0.15, 0.2) is 30.3 Å². The quantitative estimate of drug-likeness (QED) is 0.812. The van der Waals surface area contributed by atoms with Gasteiger partial charge in [-0.2, -0.15) is 0 Å². The zero-order valence-corrected chi connectivity index (χ0v) is 11.0. The number of halogens is 1. The summed E-state index contributed by atoms with van der Waals surface area (Å²) in [6.07, 6.45) is 0. The topological polar surface area (TPSA) is 86.6 Å². The summed E-state index contributed by atoms with van der Waals surface area (Å²) in [6.45, 7) is 0. The molecular formula is C12H8ClNO4S. The number of thiophene rings is 1. The summed E-state index contributed by atoms with van der Waals surface area (Å²) in [5.41, 5.74) is 0.118. The maximum absolute atomic E-state index is 11.9. The SMILES string of the molecule is O=C(O)c1ccc(NC(=O)c2cc(O)ccc2Cl)s1. The maximum atomic E-state index is 11.9. The summed E-state index contributed by atoms with van der Waals surface area (Å²) < 4.78 is 0. The Kier molecular flexibility index (Phi) is 3.73. The molecule has 0 aliphatic carbocycles. The second-order valence-corrected chi connectivity index (χ2v) is 5.08. The van der Waals surface area contributed by atoms with E-state index in [1.165, 1.54) is 30.3 Å². The average molecular weight is 298 g/mol. The number of phenols is 1. The van der Waals surface area contributed by atoms with Crippen LogP contribution < -0.4 is 5.32 Å². The van der Waals surface area contributed by atoms with E-state index in [0.29, 0.717) is 5.00 Å². The highest BCUT2D eigenvalue weighted by Gasteiger charge is 2.14. The van der Waals surface area contributed by atoms with E-state index in [-0.39, 0.29) is 21.2 Å². The number of hydrogen-bond acceptors (Lipinski definition) is 4. The minimum absolute atomic E-state index is 0.0769. The van der Waals surface area contributed by atoms with E-state index in [0.717, 1.165) is 11.3 Å². The van der Waals surface area contributed by atoms with Gasteiger partial charge in [0.15, 0.2) is 0 Å². The zero-order chi connectivity index (χ0) is 14.0. The van der Waals surface area contributed by atoms with Crippen molar-refractivity contribution in [3.05, 3.63) is 45.8 Å². The van der Waals surface area contributed by atoms with Gasteiger partial charge in [0.25, 0.3) is 5.91 Å². The highest BCUT2D eigenvalue weighted by atomic mass is 35.5. The van der Waals surface area contributed by atoms with Gasteiger partial charge in [0.2, 0.25) is 0 Å². The Morgan fingerprint density at radius 1 is 1.21 bits per heavy atom. The van der Waals surface area contributed by atoms with E-state index in [4.69, 9.17) is 16.7 Å². The number of carboxylic acid groups (broad SMARTS) is 1. The number of nitrogens with one attached hydrogen (secondary N) is 1. The van der Waals surface area contributed by atoms with Gasteiger partial charge in [-0.05, 0) is 30.3 Å². The van der Waals surface area contributed by atoms with Gasteiger partial charge in [-0.3, -0.25) is 4.79 Å². The monoisotopic (exact) mass is 297 g/mol. The Balaban J connectivity index is 2.20. The van der Waals surface area contributed by atoms with Gasteiger partial charge >= 0.3 is 5.97 Å². The molecule has 0 aliphatic rings. The second kappa shape index (κ2) is 5.29. The first-order valence-corrected chi connectivity index (χ1v) is 6.30. The molecule has 1 amide bonds. The molecule has 0 unspecified atom stereocenters. The number of benzene rings is 1. The Morgan fingerprint density at radius 3 is 2.58 bits per heavy atom. The lowest BCUT2D eigenvalue weighted by Gasteiger charge is -2.05. The normalized spacial score (nSPS) is 10.2. The van der Waals surface area contributed by atoms with Crippen molar-refractivity contribution in [1.82, 2.24) is 0 Å². The van der Waals surface area contributed by atoms with Crippen LogP contribution in [0.25, 0.3) is 0 Å². The number of carbonyl (C=O) groups is 2. The molecule has 2 rings (SSSR count). The molecule has 1 aromatic carbocycles. The molecule has 7 heteroatoms. The van der Waals surface area contributed by atoms with Crippen LogP contribution in [-0.2, 0) is 0 Å². The first-order valence-electron chi connectivity index (χ1n) is 5.10. The lowest BCUT2D eigenvalue weighted by atomic mass is 10.2. The molecule has 98 valence electrons. The number of rotatable bonds is 3. The van der Waals surface area contributed by atoms with Gasteiger partial charge < -0.3 is 15.5 Å². The molecule has 1 heterocycles. The number of amides is 1. The number of aromatic carboxylic acids is 1. The summed E-state index contributed by atoms with van der Waals surface area (Å²) >= 11 is 6.79. The van der Waals surface area contributed by atoms with Crippen LogP contribution in [0, 0.1) is 0 Å². The van der Waals surface area contributed by atoms with Crippen molar-refractivity contribution in [3.8, 4) is 5.75 Å². The molecule has 0 fully saturated rings. The largest absolute Gasteiger partial charge is 0.508 e. The standard InChI is InChI=1S/C12H8ClNO4S/c13-8-2-1-6(15)5-7(8)11(16)14-10-4-3-9(19-10)12(17)18/h1-5,15H,(H,14,16)(H,17,18). The van der Waals surface area contributed by atoms with E-state index in [2.05, 4.69) is 5.32 Å². The van der Waals surface area contributed by atoms with Gasteiger partial charge in [0, 0.05) is 0 Å². The number of carboxylic acids is 1. The van der Waals surface area contributed by atoms with E-state index in [1.54, 1.807) is 0 Å². The first kappa shape index (κ1) is 13.4. The number of phenolic OH excluding ortho intramolecular Hbond substituents is 1. The van der Waals surface area contributed by atoms with Crippen molar-refractivity contribution >= 4 is 39.8 Å². The fraction of sp³-hybridized carbons (Fsp3) is 0. The Labute approximate surface area is 117 Å². The highest BCUT2D eigenvalue weighted by Crippen LogP contribution is 2.25. The number of carbonyl (C=O) groups excluding carboxylic acids is 1. The van der Waals surface area contributed by atoms with Crippen LogP contribution in [-0.4, -0.2) is 22.1 Å². The predicted octanol–water partition coefficient (Wildman–Crippen LogP) is 3.06. The maximum Gasteiger partial charge on any atom is 0.345 e. The summed E-state index contributed by atoms with van der Waals surface area (Å²) in [6, 6.07) is 6.90. The van der Waals surface area contributed by atoms with Gasteiger partial charge in [0.05, 0.1) is 15.6 Å². The van der Waals surface area contributed by atoms with Gasteiger partial charge in [-0.1, -0.05) is 11.6 Å². The number of aromatic hydroxyl groups is 1. The van der Waals surface area contributed by atoms with Crippen LogP contribution >= 0.6 is 22.9 Å². The lowest BCUT2D eigenvalue weighted by Crippen LogP contribution is -2.11. The van der Waals surface area contributed by atoms with Crippen molar-refractivity contribution in [1.29, 1.82) is 0 Å². The molecule has 0 saturated carbocycles. The van der Waals surface area contributed by atoms with E-state index in [1.807, 2.05) is 0 Å². The van der Waals surface area contributed by atoms with Crippen molar-refractivity contribution in [2.45, 2.75) is 0 Å². The van der Waals surface area contributed by atoms with Crippen molar-refractivity contribution in [2.75, 3.05) is 5.32 Å². The third-order valence-corrected chi connectivity index (χ3v) is 3.57. The summed E-state index contributed by atoms with van der Waals surface area (Å²) in [5.74, 6) is -1.65. The zero-order valence-electron chi connectivity index (χ0n) is 9.38. The fourth-order valence-corrected chi connectivity index (χ4v) is 2.33. The summed E-state index contributed by atoms with van der Waals surface area (Å²) in [4.78, 5) is 22.8. The van der Waals surface area contributed by atoms with Gasteiger partial charge in [0.1, 0.15) is 10.6 Å². The predicted molar refractivity (Wildman–Crippen MR) is 72.3 cm³/mol. The molecule has 0 saturated heterocycles. The summed E-state index contributed by atoms with van der Waals surface area (Å²) in [5, 5.41) is 21.2. The molecule has 2 aromatic rings. The minimum atomic E-state index is -1.05.